The number of anilines is 1. The summed E-state index contributed by atoms with van der Waals surface area (Å²) in [5.74, 6) is -0.457. The summed E-state index contributed by atoms with van der Waals surface area (Å²) in [7, 11) is 0. The SMILES string of the molecule is Cc1ccccc1Cn1cccc1/C=C(/C#N)C(=O)Nc1nccs1. The van der Waals surface area contributed by atoms with Crippen molar-refractivity contribution in [1.82, 2.24) is 9.55 Å². The van der Waals surface area contributed by atoms with Crippen molar-refractivity contribution in [3.05, 3.63) is 76.6 Å². The topological polar surface area (TPSA) is 70.7 Å². The molecule has 1 amide bonds. The summed E-state index contributed by atoms with van der Waals surface area (Å²) in [6.07, 6.45) is 5.14. The van der Waals surface area contributed by atoms with E-state index in [-0.39, 0.29) is 5.57 Å². The van der Waals surface area contributed by atoms with Gasteiger partial charge in [-0.25, -0.2) is 4.98 Å². The average Bonchev–Trinajstić information content (AvgIpc) is 3.26. The lowest BCUT2D eigenvalue weighted by Gasteiger charge is -2.09. The molecule has 25 heavy (non-hydrogen) atoms. The molecule has 0 aliphatic heterocycles. The van der Waals surface area contributed by atoms with Crippen molar-refractivity contribution >= 4 is 28.5 Å². The van der Waals surface area contributed by atoms with E-state index in [1.807, 2.05) is 41.1 Å². The second-order valence-electron chi connectivity index (χ2n) is 5.45. The van der Waals surface area contributed by atoms with Crippen LogP contribution < -0.4 is 5.32 Å². The van der Waals surface area contributed by atoms with Crippen LogP contribution in [0.5, 0.6) is 0 Å². The Balaban J connectivity index is 1.83. The van der Waals surface area contributed by atoms with Crippen LogP contribution in [0.4, 0.5) is 5.13 Å². The fourth-order valence-corrected chi connectivity index (χ4v) is 2.94. The molecule has 0 atom stereocenters. The van der Waals surface area contributed by atoms with Gasteiger partial charge < -0.3 is 4.57 Å². The maximum atomic E-state index is 12.2. The predicted molar refractivity (Wildman–Crippen MR) is 99.0 cm³/mol. The number of hydrogen-bond donors (Lipinski definition) is 1. The number of amides is 1. The molecule has 0 saturated carbocycles. The number of nitrogens with zero attached hydrogens (tertiary/aromatic N) is 3. The lowest BCUT2D eigenvalue weighted by atomic mass is 10.1. The zero-order valence-corrected chi connectivity index (χ0v) is 14.5. The fourth-order valence-electron chi connectivity index (χ4n) is 2.42. The van der Waals surface area contributed by atoms with Gasteiger partial charge in [-0.2, -0.15) is 5.26 Å². The third-order valence-corrected chi connectivity index (χ3v) is 4.47. The number of benzene rings is 1. The van der Waals surface area contributed by atoms with Crippen LogP contribution in [-0.2, 0) is 11.3 Å². The first-order valence-corrected chi connectivity index (χ1v) is 8.57. The largest absolute Gasteiger partial charge is 0.344 e. The number of hydrogen-bond acceptors (Lipinski definition) is 4. The molecule has 1 aromatic carbocycles. The number of nitriles is 1. The molecule has 0 bridgehead atoms. The van der Waals surface area contributed by atoms with E-state index < -0.39 is 5.91 Å². The number of carbonyl (C=O) groups excluding carboxylic acids is 1. The molecule has 1 N–H and O–H groups in total. The van der Waals surface area contributed by atoms with Crippen LogP contribution in [0.1, 0.15) is 16.8 Å². The Morgan fingerprint density at radius 3 is 2.92 bits per heavy atom. The van der Waals surface area contributed by atoms with E-state index in [9.17, 15) is 10.1 Å². The molecule has 0 fully saturated rings. The Morgan fingerprint density at radius 2 is 2.20 bits per heavy atom. The minimum atomic E-state index is -0.457. The zero-order chi connectivity index (χ0) is 17.6. The molecular weight excluding hydrogens is 332 g/mol. The van der Waals surface area contributed by atoms with Crippen molar-refractivity contribution in [2.24, 2.45) is 0 Å². The molecular formula is C19H16N4OS. The van der Waals surface area contributed by atoms with Crippen LogP contribution >= 0.6 is 11.3 Å². The quantitative estimate of drug-likeness (QED) is 0.562. The van der Waals surface area contributed by atoms with Gasteiger partial charge in [0.2, 0.25) is 0 Å². The smallest absolute Gasteiger partial charge is 0.268 e. The van der Waals surface area contributed by atoms with Gasteiger partial charge in [0.15, 0.2) is 5.13 Å². The standard InChI is InChI=1S/C19H16N4OS/c1-14-5-2-3-6-15(14)13-23-9-4-7-17(23)11-16(12-20)18(24)22-19-21-8-10-25-19/h2-11H,13H2,1H3,(H,21,22,24)/b16-11-. The summed E-state index contributed by atoms with van der Waals surface area (Å²) in [4.78, 5) is 16.2. The first-order chi connectivity index (χ1) is 12.2. The third-order valence-electron chi connectivity index (χ3n) is 3.78. The van der Waals surface area contributed by atoms with E-state index in [0.29, 0.717) is 11.7 Å². The number of rotatable bonds is 5. The summed E-state index contributed by atoms with van der Waals surface area (Å²) in [5, 5.41) is 14.2. The van der Waals surface area contributed by atoms with E-state index >= 15 is 0 Å². The van der Waals surface area contributed by atoms with Gasteiger partial charge in [-0.15, -0.1) is 11.3 Å². The van der Waals surface area contributed by atoms with Crippen molar-refractivity contribution in [1.29, 1.82) is 5.26 Å². The number of aromatic nitrogens is 2. The molecule has 0 unspecified atom stereocenters. The normalized spacial score (nSPS) is 11.1. The van der Waals surface area contributed by atoms with E-state index in [1.54, 1.807) is 17.7 Å². The molecule has 3 aromatic rings. The Kier molecular flexibility index (Phi) is 5.07. The average molecular weight is 348 g/mol. The Hall–Kier alpha value is -3.17. The lowest BCUT2D eigenvalue weighted by Crippen LogP contribution is -2.13. The number of thiazole rings is 1. The van der Waals surface area contributed by atoms with E-state index in [2.05, 4.69) is 29.4 Å². The van der Waals surface area contributed by atoms with Crippen molar-refractivity contribution in [3.63, 3.8) is 0 Å². The minimum Gasteiger partial charge on any atom is -0.344 e. The highest BCUT2D eigenvalue weighted by molar-refractivity contribution is 7.13. The fraction of sp³-hybridized carbons (Fsp3) is 0.105. The molecule has 0 saturated heterocycles. The molecule has 3 rings (SSSR count). The number of aryl methyl sites for hydroxylation is 1. The zero-order valence-electron chi connectivity index (χ0n) is 13.6. The van der Waals surface area contributed by atoms with Gasteiger partial charge in [0.1, 0.15) is 11.6 Å². The van der Waals surface area contributed by atoms with Gasteiger partial charge in [-0.3, -0.25) is 10.1 Å². The first kappa shape index (κ1) is 16.7. The highest BCUT2D eigenvalue weighted by Crippen LogP contribution is 2.16. The molecule has 0 aliphatic rings. The van der Waals surface area contributed by atoms with Crippen LogP contribution in [-0.4, -0.2) is 15.5 Å². The van der Waals surface area contributed by atoms with Crippen molar-refractivity contribution in [2.45, 2.75) is 13.5 Å². The minimum absolute atomic E-state index is 0.0416. The molecule has 2 aromatic heterocycles. The second kappa shape index (κ2) is 7.60. The van der Waals surface area contributed by atoms with E-state index in [1.165, 1.54) is 22.5 Å². The molecule has 0 aliphatic carbocycles. The summed E-state index contributed by atoms with van der Waals surface area (Å²) in [6.45, 7) is 2.74. The Labute approximate surface area is 149 Å². The third kappa shape index (κ3) is 4.03. The van der Waals surface area contributed by atoms with Gasteiger partial charge in [-0.1, -0.05) is 24.3 Å². The van der Waals surface area contributed by atoms with Crippen molar-refractivity contribution in [2.75, 3.05) is 5.32 Å². The number of carbonyl (C=O) groups is 1. The summed E-state index contributed by atoms with van der Waals surface area (Å²) < 4.78 is 2.01. The van der Waals surface area contributed by atoms with Crippen LogP contribution in [0, 0.1) is 18.3 Å². The molecule has 124 valence electrons. The van der Waals surface area contributed by atoms with Gasteiger partial charge >= 0.3 is 0 Å². The van der Waals surface area contributed by atoms with E-state index in [4.69, 9.17) is 0 Å². The summed E-state index contributed by atoms with van der Waals surface area (Å²) in [6, 6.07) is 13.9. The second-order valence-corrected chi connectivity index (χ2v) is 6.34. The van der Waals surface area contributed by atoms with Crippen molar-refractivity contribution in [3.8, 4) is 6.07 Å². The van der Waals surface area contributed by atoms with Crippen LogP contribution in [0.25, 0.3) is 6.08 Å². The lowest BCUT2D eigenvalue weighted by molar-refractivity contribution is -0.112. The van der Waals surface area contributed by atoms with Crippen molar-refractivity contribution < 1.29 is 4.79 Å². The maximum absolute atomic E-state index is 12.2. The predicted octanol–water partition coefficient (Wildman–Crippen LogP) is 3.85. The van der Waals surface area contributed by atoms with Gasteiger partial charge in [0.25, 0.3) is 5.91 Å². The molecule has 0 spiro atoms. The van der Waals surface area contributed by atoms with Gasteiger partial charge in [0, 0.05) is 30.0 Å². The molecule has 0 radical (unpaired) electrons. The Morgan fingerprint density at radius 1 is 1.36 bits per heavy atom. The molecule has 6 heteroatoms. The first-order valence-electron chi connectivity index (χ1n) is 7.69. The van der Waals surface area contributed by atoms with Gasteiger partial charge in [-0.05, 0) is 36.3 Å². The highest BCUT2D eigenvalue weighted by atomic mass is 32.1. The maximum Gasteiger partial charge on any atom is 0.268 e. The number of nitrogens with one attached hydrogen (secondary N) is 1. The molecule has 2 heterocycles. The summed E-state index contributed by atoms with van der Waals surface area (Å²) >= 11 is 1.31. The summed E-state index contributed by atoms with van der Waals surface area (Å²) in [5.41, 5.74) is 3.24. The van der Waals surface area contributed by atoms with Crippen LogP contribution in [0.3, 0.4) is 0 Å². The van der Waals surface area contributed by atoms with Gasteiger partial charge in [0.05, 0.1) is 0 Å². The Bertz CT molecular complexity index is 948. The van der Waals surface area contributed by atoms with E-state index in [0.717, 1.165) is 5.69 Å². The van der Waals surface area contributed by atoms with Crippen LogP contribution in [0.2, 0.25) is 0 Å². The monoisotopic (exact) mass is 348 g/mol. The molecule has 5 nitrogen and oxygen atoms in total. The van der Waals surface area contributed by atoms with Crippen LogP contribution in [0.15, 0.2) is 59.7 Å². The highest BCUT2D eigenvalue weighted by Gasteiger charge is 2.12.